The quantitative estimate of drug-likeness (QED) is 0.410. The van der Waals surface area contributed by atoms with Crippen molar-refractivity contribution < 1.29 is 4.74 Å². The first-order chi connectivity index (χ1) is 7.85. The molecule has 0 aromatic heterocycles. The molecule has 0 N–H and O–H groups in total. The van der Waals surface area contributed by atoms with Crippen LogP contribution in [0, 0.1) is 11.3 Å². The summed E-state index contributed by atoms with van der Waals surface area (Å²) in [6.45, 7) is 5.00. The Kier molecular flexibility index (Phi) is 11.6. The first kappa shape index (κ1) is 15.2. The molecule has 16 heavy (non-hydrogen) atoms. The predicted octanol–water partition coefficient (Wildman–Crippen LogP) is 4.22. The Morgan fingerprint density at radius 2 is 2.00 bits per heavy atom. The molecule has 0 aliphatic rings. The second-order valence-corrected chi connectivity index (χ2v) is 4.01. The molecule has 0 fully saturated rings. The number of rotatable bonds is 10. The number of unbranched alkanes of at least 4 members (excludes halogenated alkanes) is 3. The molecule has 0 rings (SSSR count). The van der Waals surface area contributed by atoms with Crippen molar-refractivity contribution in [1.82, 2.24) is 0 Å². The molecule has 0 spiro atoms. The Labute approximate surface area is 100 Å². The maximum Gasteiger partial charge on any atom is 0.143 e. The summed E-state index contributed by atoms with van der Waals surface area (Å²) < 4.78 is 5.51. The SMILES string of the molecule is CC/C=C\CCCCOC(C#N)CCCC. The van der Waals surface area contributed by atoms with E-state index in [9.17, 15) is 0 Å². The van der Waals surface area contributed by atoms with Crippen molar-refractivity contribution in [1.29, 1.82) is 5.26 Å². The predicted molar refractivity (Wildman–Crippen MR) is 68.2 cm³/mol. The molecule has 2 nitrogen and oxygen atoms in total. The van der Waals surface area contributed by atoms with Gasteiger partial charge in [0.15, 0.2) is 0 Å². The van der Waals surface area contributed by atoms with Crippen molar-refractivity contribution in [3.05, 3.63) is 12.2 Å². The lowest BCUT2D eigenvalue weighted by Gasteiger charge is -2.09. The topological polar surface area (TPSA) is 33.0 Å². The molecule has 0 aromatic carbocycles. The highest BCUT2D eigenvalue weighted by Gasteiger charge is 2.05. The van der Waals surface area contributed by atoms with E-state index in [1.807, 2.05) is 0 Å². The Hall–Kier alpha value is -0.810. The molecule has 0 radical (unpaired) electrons. The van der Waals surface area contributed by atoms with E-state index in [1.54, 1.807) is 0 Å². The number of ether oxygens (including phenoxy) is 1. The lowest BCUT2D eigenvalue weighted by Crippen LogP contribution is -2.11. The zero-order valence-corrected chi connectivity index (χ0v) is 10.7. The number of hydrogen-bond acceptors (Lipinski definition) is 2. The van der Waals surface area contributed by atoms with Gasteiger partial charge in [-0.25, -0.2) is 0 Å². The van der Waals surface area contributed by atoms with Crippen LogP contribution >= 0.6 is 0 Å². The van der Waals surface area contributed by atoms with E-state index in [0.717, 1.165) is 51.6 Å². The average Bonchev–Trinajstić information content (AvgIpc) is 2.32. The van der Waals surface area contributed by atoms with Gasteiger partial charge in [-0.3, -0.25) is 0 Å². The zero-order valence-electron chi connectivity index (χ0n) is 10.7. The fourth-order valence-corrected chi connectivity index (χ4v) is 1.45. The van der Waals surface area contributed by atoms with Crippen LogP contribution in [0.3, 0.4) is 0 Å². The van der Waals surface area contributed by atoms with Crippen molar-refractivity contribution in [2.45, 2.75) is 64.9 Å². The Morgan fingerprint density at radius 3 is 2.62 bits per heavy atom. The monoisotopic (exact) mass is 223 g/mol. The van der Waals surface area contributed by atoms with Crippen LogP contribution in [-0.2, 0) is 4.74 Å². The molecule has 0 bridgehead atoms. The fraction of sp³-hybridized carbons (Fsp3) is 0.786. The van der Waals surface area contributed by atoms with E-state index in [2.05, 4.69) is 32.1 Å². The van der Waals surface area contributed by atoms with E-state index in [4.69, 9.17) is 10.00 Å². The summed E-state index contributed by atoms with van der Waals surface area (Å²) in [5.41, 5.74) is 0. The van der Waals surface area contributed by atoms with Crippen LogP contribution in [-0.4, -0.2) is 12.7 Å². The van der Waals surface area contributed by atoms with Gasteiger partial charge in [0.2, 0.25) is 0 Å². The van der Waals surface area contributed by atoms with Gasteiger partial charge in [-0.2, -0.15) is 5.26 Å². The third-order valence-electron chi connectivity index (χ3n) is 2.45. The number of nitrogens with zero attached hydrogens (tertiary/aromatic N) is 1. The van der Waals surface area contributed by atoms with Crippen LogP contribution in [0.15, 0.2) is 12.2 Å². The van der Waals surface area contributed by atoms with Crippen molar-refractivity contribution in [3.63, 3.8) is 0 Å². The zero-order chi connectivity index (χ0) is 12.1. The van der Waals surface area contributed by atoms with Crippen molar-refractivity contribution >= 4 is 0 Å². The molecule has 1 unspecified atom stereocenters. The third kappa shape index (κ3) is 9.73. The molecule has 0 aliphatic heterocycles. The van der Waals surface area contributed by atoms with Crippen molar-refractivity contribution in [3.8, 4) is 6.07 Å². The molecule has 0 aliphatic carbocycles. The van der Waals surface area contributed by atoms with Gasteiger partial charge < -0.3 is 4.74 Å². The first-order valence-corrected chi connectivity index (χ1v) is 6.51. The Bertz CT molecular complexity index is 205. The molecule has 1 atom stereocenters. The maximum absolute atomic E-state index is 8.84. The van der Waals surface area contributed by atoms with Gasteiger partial charge in [-0.05, 0) is 32.1 Å². The molecule has 92 valence electrons. The minimum atomic E-state index is -0.189. The van der Waals surface area contributed by atoms with Gasteiger partial charge in [0.25, 0.3) is 0 Å². The molecular weight excluding hydrogens is 198 g/mol. The summed E-state index contributed by atoms with van der Waals surface area (Å²) in [6.07, 6.45) is 11.8. The number of nitriles is 1. The summed E-state index contributed by atoms with van der Waals surface area (Å²) in [5.74, 6) is 0. The second kappa shape index (κ2) is 12.3. The molecule has 0 amide bonds. The third-order valence-corrected chi connectivity index (χ3v) is 2.45. The smallest absolute Gasteiger partial charge is 0.143 e. The van der Waals surface area contributed by atoms with Crippen LogP contribution in [0.4, 0.5) is 0 Å². The molecule has 0 saturated carbocycles. The summed E-state index contributed by atoms with van der Waals surface area (Å²) >= 11 is 0. The van der Waals surface area contributed by atoms with Crippen molar-refractivity contribution in [2.75, 3.05) is 6.61 Å². The second-order valence-electron chi connectivity index (χ2n) is 4.01. The minimum Gasteiger partial charge on any atom is -0.363 e. The molecule has 0 heterocycles. The van der Waals surface area contributed by atoms with Crippen molar-refractivity contribution in [2.24, 2.45) is 0 Å². The van der Waals surface area contributed by atoms with Gasteiger partial charge in [-0.1, -0.05) is 38.8 Å². The summed E-state index contributed by atoms with van der Waals surface area (Å²) in [5, 5.41) is 8.84. The maximum atomic E-state index is 8.84. The highest BCUT2D eigenvalue weighted by atomic mass is 16.5. The Morgan fingerprint density at radius 1 is 1.19 bits per heavy atom. The lowest BCUT2D eigenvalue weighted by molar-refractivity contribution is 0.0801. The van der Waals surface area contributed by atoms with E-state index in [0.29, 0.717) is 0 Å². The van der Waals surface area contributed by atoms with Crippen LogP contribution < -0.4 is 0 Å². The van der Waals surface area contributed by atoms with Crippen LogP contribution in [0.2, 0.25) is 0 Å². The van der Waals surface area contributed by atoms with E-state index >= 15 is 0 Å². The highest BCUT2D eigenvalue weighted by Crippen LogP contribution is 2.06. The standard InChI is InChI=1S/C14H25NO/c1-3-5-7-8-9-10-12-16-14(13-15)11-6-4-2/h5,7,14H,3-4,6,8-12H2,1-2H3/b7-5-. The number of allylic oxidation sites excluding steroid dienone is 2. The molecule has 0 saturated heterocycles. The van der Waals surface area contributed by atoms with Gasteiger partial charge >= 0.3 is 0 Å². The number of hydrogen-bond donors (Lipinski definition) is 0. The normalized spacial score (nSPS) is 12.8. The molecular formula is C14H25NO. The van der Waals surface area contributed by atoms with Gasteiger partial charge in [0.1, 0.15) is 6.10 Å². The fourth-order valence-electron chi connectivity index (χ4n) is 1.45. The van der Waals surface area contributed by atoms with Gasteiger partial charge in [0.05, 0.1) is 6.07 Å². The van der Waals surface area contributed by atoms with E-state index in [1.165, 1.54) is 0 Å². The van der Waals surface area contributed by atoms with Crippen LogP contribution in [0.5, 0.6) is 0 Å². The molecule has 2 heteroatoms. The van der Waals surface area contributed by atoms with E-state index in [-0.39, 0.29) is 6.10 Å². The highest BCUT2D eigenvalue weighted by molar-refractivity contribution is 4.83. The van der Waals surface area contributed by atoms with Gasteiger partial charge in [-0.15, -0.1) is 0 Å². The summed E-state index contributed by atoms with van der Waals surface area (Å²) in [6, 6.07) is 2.21. The lowest BCUT2D eigenvalue weighted by atomic mass is 10.2. The van der Waals surface area contributed by atoms with Crippen LogP contribution in [0.25, 0.3) is 0 Å². The van der Waals surface area contributed by atoms with Crippen LogP contribution in [0.1, 0.15) is 58.8 Å². The summed E-state index contributed by atoms with van der Waals surface area (Å²) in [7, 11) is 0. The van der Waals surface area contributed by atoms with E-state index < -0.39 is 0 Å². The first-order valence-electron chi connectivity index (χ1n) is 6.51. The largest absolute Gasteiger partial charge is 0.363 e. The Balaban J connectivity index is 3.34. The molecule has 0 aromatic rings. The average molecular weight is 223 g/mol. The minimum absolute atomic E-state index is 0.189. The summed E-state index contributed by atoms with van der Waals surface area (Å²) in [4.78, 5) is 0. The van der Waals surface area contributed by atoms with Gasteiger partial charge in [0, 0.05) is 6.61 Å².